The second kappa shape index (κ2) is 8.35. The molecule has 0 saturated carbocycles. The van der Waals surface area contributed by atoms with E-state index in [1.807, 2.05) is 44.7 Å². The minimum absolute atomic E-state index is 0.00903. The number of aryl methyl sites for hydroxylation is 1. The molecule has 1 aliphatic heterocycles. The lowest BCUT2D eigenvalue weighted by Gasteiger charge is -2.26. The van der Waals surface area contributed by atoms with E-state index in [1.54, 1.807) is 16.8 Å². The fourth-order valence-corrected chi connectivity index (χ4v) is 3.62. The fraction of sp³-hybridized carbons (Fsp3) is 0.476. The van der Waals surface area contributed by atoms with Gasteiger partial charge in [-0.2, -0.15) is 5.10 Å². The summed E-state index contributed by atoms with van der Waals surface area (Å²) in [6.45, 7) is 9.22. The number of likely N-dealkylation sites (tertiary alicyclic amines) is 1. The third kappa shape index (κ3) is 4.07. The van der Waals surface area contributed by atoms with Crippen molar-refractivity contribution in [1.29, 1.82) is 0 Å². The molecular weight excluding hydrogens is 376 g/mol. The van der Waals surface area contributed by atoms with Crippen molar-refractivity contribution in [2.45, 2.75) is 46.6 Å². The Kier molecular flexibility index (Phi) is 6.08. The Morgan fingerprint density at radius 2 is 1.71 bits per heavy atom. The number of benzene rings is 1. The summed E-state index contributed by atoms with van der Waals surface area (Å²) in [4.78, 5) is 27.3. The van der Waals surface area contributed by atoms with Gasteiger partial charge in [-0.1, -0.05) is 25.4 Å². The van der Waals surface area contributed by atoms with Crippen molar-refractivity contribution in [1.82, 2.24) is 20.0 Å². The summed E-state index contributed by atoms with van der Waals surface area (Å²) in [7, 11) is 0. The smallest absolute Gasteiger partial charge is 0.251 e. The molecule has 1 aromatic heterocycles. The van der Waals surface area contributed by atoms with Crippen molar-refractivity contribution in [2.75, 3.05) is 13.1 Å². The van der Waals surface area contributed by atoms with Crippen LogP contribution in [0.25, 0.3) is 5.69 Å². The summed E-state index contributed by atoms with van der Waals surface area (Å²) in [5, 5.41) is 7.99. The van der Waals surface area contributed by atoms with Crippen molar-refractivity contribution in [2.24, 2.45) is 5.92 Å². The van der Waals surface area contributed by atoms with Crippen molar-refractivity contribution >= 4 is 23.4 Å². The molecule has 0 aliphatic carbocycles. The molecular formula is C21H27ClN4O2. The summed E-state index contributed by atoms with van der Waals surface area (Å²) in [6.07, 6.45) is 2.06. The number of nitrogens with one attached hydrogen (secondary N) is 1. The molecule has 1 fully saturated rings. The third-order valence-corrected chi connectivity index (χ3v) is 5.76. The minimum Gasteiger partial charge on any atom is -0.341 e. The number of carbonyl (C=O) groups is 2. The van der Waals surface area contributed by atoms with Gasteiger partial charge in [0, 0.05) is 18.7 Å². The third-order valence-electron chi connectivity index (χ3n) is 5.21. The van der Waals surface area contributed by atoms with Crippen LogP contribution in [0.4, 0.5) is 0 Å². The monoisotopic (exact) mass is 402 g/mol. The Hall–Kier alpha value is -2.34. The molecule has 0 unspecified atom stereocenters. The van der Waals surface area contributed by atoms with Crippen LogP contribution in [-0.4, -0.2) is 45.6 Å². The SMILES string of the molecule is Cc1nn(-c2ccc(C(=O)N[C@H](C(=O)N3CCCC3)C(C)C)cc2)c(C)c1Cl. The van der Waals surface area contributed by atoms with Gasteiger partial charge in [-0.25, -0.2) is 4.68 Å². The van der Waals surface area contributed by atoms with Crippen LogP contribution in [-0.2, 0) is 4.79 Å². The quantitative estimate of drug-likeness (QED) is 0.832. The molecule has 2 aromatic rings. The van der Waals surface area contributed by atoms with Gasteiger partial charge < -0.3 is 10.2 Å². The number of amides is 2. The first-order valence-corrected chi connectivity index (χ1v) is 10.1. The summed E-state index contributed by atoms with van der Waals surface area (Å²) in [5.41, 5.74) is 2.96. The van der Waals surface area contributed by atoms with Gasteiger partial charge in [-0.15, -0.1) is 0 Å². The van der Waals surface area contributed by atoms with Crippen molar-refractivity contribution in [3.63, 3.8) is 0 Å². The summed E-state index contributed by atoms with van der Waals surface area (Å²) in [6, 6.07) is 6.63. The summed E-state index contributed by atoms with van der Waals surface area (Å²) >= 11 is 6.22. The van der Waals surface area contributed by atoms with Crippen LogP contribution in [0.5, 0.6) is 0 Å². The Morgan fingerprint density at radius 3 is 2.21 bits per heavy atom. The van der Waals surface area contributed by atoms with Crippen molar-refractivity contribution in [3.8, 4) is 5.69 Å². The van der Waals surface area contributed by atoms with Crippen molar-refractivity contribution in [3.05, 3.63) is 46.2 Å². The molecule has 0 spiro atoms. The van der Waals surface area contributed by atoms with E-state index in [1.165, 1.54) is 0 Å². The molecule has 0 radical (unpaired) electrons. The highest BCUT2D eigenvalue weighted by Crippen LogP contribution is 2.22. The van der Waals surface area contributed by atoms with Crippen molar-refractivity contribution < 1.29 is 9.59 Å². The average molecular weight is 403 g/mol. The lowest BCUT2D eigenvalue weighted by molar-refractivity contribution is -0.133. The number of halogens is 1. The lowest BCUT2D eigenvalue weighted by atomic mass is 10.0. The van der Waals surface area contributed by atoms with E-state index < -0.39 is 6.04 Å². The molecule has 1 atom stereocenters. The maximum atomic E-state index is 12.8. The molecule has 6 nitrogen and oxygen atoms in total. The van der Waals surface area contributed by atoms with E-state index in [4.69, 9.17) is 11.6 Å². The van der Waals surface area contributed by atoms with Crippen LogP contribution >= 0.6 is 11.6 Å². The van der Waals surface area contributed by atoms with E-state index in [0.717, 1.165) is 43.0 Å². The maximum Gasteiger partial charge on any atom is 0.251 e. The Labute approximate surface area is 170 Å². The zero-order chi connectivity index (χ0) is 20.4. The second-order valence-corrected chi connectivity index (χ2v) is 8.05. The molecule has 2 amide bonds. The number of aromatic nitrogens is 2. The minimum atomic E-state index is -0.514. The van der Waals surface area contributed by atoms with E-state index in [-0.39, 0.29) is 17.7 Å². The number of rotatable bonds is 5. The van der Waals surface area contributed by atoms with Crippen LogP contribution in [0.3, 0.4) is 0 Å². The van der Waals surface area contributed by atoms with Crippen LogP contribution in [0.15, 0.2) is 24.3 Å². The van der Waals surface area contributed by atoms with E-state index in [0.29, 0.717) is 10.6 Å². The predicted molar refractivity (Wildman–Crippen MR) is 110 cm³/mol. The van der Waals surface area contributed by atoms with Gasteiger partial charge in [0.2, 0.25) is 5.91 Å². The molecule has 2 heterocycles. The summed E-state index contributed by atoms with van der Waals surface area (Å²) in [5.74, 6) is -0.216. The maximum absolute atomic E-state index is 12.8. The molecule has 1 N–H and O–H groups in total. The molecule has 28 heavy (non-hydrogen) atoms. The van der Waals surface area contributed by atoms with Gasteiger partial charge in [0.1, 0.15) is 6.04 Å². The number of carbonyl (C=O) groups excluding carboxylic acids is 2. The highest BCUT2D eigenvalue weighted by atomic mass is 35.5. The van der Waals surface area contributed by atoms with Gasteiger partial charge >= 0.3 is 0 Å². The predicted octanol–water partition coefficient (Wildman–Crippen LogP) is 3.52. The Balaban J connectivity index is 1.74. The van der Waals surface area contributed by atoms with Crippen LogP contribution in [0.2, 0.25) is 5.02 Å². The highest BCUT2D eigenvalue weighted by Gasteiger charge is 2.30. The fourth-order valence-electron chi connectivity index (χ4n) is 3.50. The average Bonchev–Trinajstić information content (AvgIpc) is 3.30. The second-order valence-electron chi connectivity index (χ2n) is 7.67. The Bertz CT molecular complexity index is 867. The van der Waals surface area contributed by atoms with Crippen LogP contribution in [0.1, 0.15) is 48.4 Å². The van der Waals surface area contributed by atoms with E-state index in [2.05, 4.69) is 10.4 Å². The summed E-state index contributed by atoms with van der Waals surface area (Å²) < 4.78 is 1.76. The number of hydrogen-bond donors (Lipinski definition) is 1. The largest absolute Gasteiger partial charge is 0.341 e. The number of nitrogens with zero attached hydrogens (tertiary/aromatic N) is 3. The van der Waals surface area contributed by atoms with Gasteiger partial charge in [-0.3, -0.25) is 9.59 Å². The first-order valence-electron chi connectivity index (χ1n) is 9.71. The molecule has 1 aliphatic rings. The van der Waals surface area contributed by atoms with E-state index in [9.17, 15) is 9.59 Å². The first-order chi connectivity index (χ1) is 13.3. The number of hydrogen-bond acceptors (Lipinski definition) is 3. The molecule has 3 rings (SSSR count). The molecule has 1 aromatic carbocycles. The molecule has 0 bridgehead atoms. The molecule has 150 valence electrons. The zero-order valence-corrected chi connectivity index (χ0v) is 17.6. The molecule has 1 saturated heterocycles. The highest BCUT2D eigenvalue weighted by molar-refractivity contribution is 6.31. The zero-order valence-electron chi connectivity index (χ0n) is 16.8. The first kappa shape index (κ1) is 20.4. The molecule has 7 heteroatoms. The van der Waals surface area contributed by atoms with Gasteiger partial charge in [0.15, 0.2) is 0 Å². The Morgan fingerprint density at radius 1 is 1.11 bits per heavy atom. The van der Waals surface area contributed by atoms with E-state index >= 15 is 0 Å². The topological polar surface area (TPSA) is 67.2 Å². The standard InChI is InChI=1S/C21H27ClN4O2/c1-13(2)19(21(28)25-11-5-6-12-25)23-20(27)16-7-9-17(10-8-16)26-15(4)18(22)14(3)24-26/h7-10,13,19H,5-6,11-12H2,1-4H3,(H,23,27)/t19-/m0/s1. The van der Waals surface area contributed by atoms with Gasteiger partial charge in [0.25, 0.3) is 5.91 Å². The van der Waals surface area contributed by atoms with Crippen LogP contribution < -0.4 is 5.32 Å². The van der Waals surface area contributed by atoms with Gasteiger partial charge in [0.05, 0.1) is 22.1 Å². The lowest BCUT2D eigenvalue weighted by Crippen LogP contribution is -2.50. The normalized spacial score (nSPS) is 15.1. The van der Waals surface area contributed by atoms with Gasteiger partial charge in [-0.05, 0) is 56.9 Å². The van der Waals surface area contributed by atoms with Crippen LogP contribution in [0, 0.1) is 19.8 Å².